The molecule has 0 radical (unpaired) electrons. The zero-order chi connectivity index (χ0) is 11.1. The fourth-order valence-corrected chi connectivity index (χ4v) is 1.54. The smallest absolute Gasteiger partial charge is 0.139 e. The lowest BCUT2D eigenvalue weighted by Crippen LogP contribution is -2.12. The van der Waals surface area contributed by atoms with Crippen molar-refractivity contribution in [2.45, 2.75) is 26.2 Å². The number of benzene rings is 1. The Morgan fingerprint density at radius 3 is 2.53 bits per heavy atom. The summed E-state index contributed by atoms with van der Waals surface area (Å²) in [5.41, 5.74) is 1.26. The molecule has 2 nitrogen and oxygen atoms in total. The molecule has 0 N–H and O–H groups in total. The molecule has 0 amide bonds. The van der Waals surface area contributed by atoms with Crippen LogP contribution in [0.4, 0.5) is 0 Å². The monoisotopic (exact) mass is 204 g/mol. The van der Waals surface area contributed by atoms with Gasteiger partial charge in [-0.25, -0.2) is 0 Å². The molecule has 80 valence electrons. The van der Waals surface area contributed by atoms with Crippen molar-refractivity contribution in [1.29, 1.82) is 0 Å². The summed E-state index contributed by atoms with van der Waals surface area (Å²) in [6, 6.07) is 10.1. The molecular weight excluding hydrogens is 188 g/mol. The Morgan fingerprint density at radius 2 is 2.00 bits per heavy atom. The highest BCUT2D eigenvalue weighted by Gasteiger charge is 2.11. The molecule has 0 spiro atoms. The minimum atomic E-state index is -0.409. The van der Waals surface area contributed by atoms with Crippen LogP contribution >= 0.6 is 0 Å². The summed E-state index contributed by atoms with van der Waals surface area (Å²) in [5.74, 6) is -0.438. The normalized spacial score (nSPS) is 12.1. The molecule has 1 unspecified atom stereocenters. The first-order valence-electron chi connectivity index (χ1n) is 5.23. The van der Waals surface area contributed by atoms with Crippen molar-refractivity contribution in [3.05, 3.63) is 35.9 Å². The number of aryl methyl sites for hydroxylation is 1. The van der Waals surface area contributed by atoms with Crippen LogP contribution in [0.5, 0.6) is 0 Å². The van der Waals surface area contributed by atoms with Gasteiger partial charge in [-0.1, -0.05) is 30.3 Å². The fourth-order valence-electron chi connectivity index (χ4n) is 1.54. The molecule has 1 aromatic carbocycles. The van der Waals surface area contributed by atoms with E-state index in [1.165, 1.54) is 12.5 Å². The molecule has 0 aliphatic carbocycles. The van der Waals surface area contributed by atoms with Crippen LogP contribution in [0.15, 0.2) is 30.3 Å². The van der Waals surface area contributed by atoms with E-state index >= 15 is 0 Å². The Hall–Kier alpha value is -1.44. The van der Waals surface area contributed by atoms with Gasteiger partial charge in [0.25, 0.3) is 0 Å². The summed E-state index contributed by atoms with van der Waals surface area (Å²) in [4.78, 5) is 21.6. The molecule has 1 rings (SSSR count). The summed E-state index contributed by atoms with van der Waals surface area (Å²) < 4.78 is 0. The predicted molar refractivity (Wildman–Crippen MR) is 59.6 cm³/mol. The highest BCUT2D eigenvalue weighted by Crippen LogP contribution is 2.10. The second-order valence-electron chi connectivity index (χ2n) is 3.73. The minimum Gasteiger partial charge on any atom is -0.303 e. The van der Waals surface area contributed by atoms with Gasteiger partial charge in [-0.05, 0) is 31.7 Å². The Labute approximate surface area is 90.3 Å². The SMILES string of the molecule is CC(=O)C(C=O)CCCc1ccccc1. The topological polar surface area (TPSA) is 34.1 Å². The van der Waals surface area contributed by atoms with Crippen molar-refractivity contribution in [2.24, 2.45) is 5.92 Å². The molecule has 0 aliphatic heterocycles. The number of carbonyl (C=O) groups excluding carboxylic acids is 2. The van der Waals surface area contributed by atoms with Gasteiger partial charge in [0.2, 0.25) is 0 Å². The van der Waals surface area contributed by atoms with E-state index in [9.17, 15) is 9.59 Å². The van der Waals surface area contributed by atoms with Gasteiger partial charge in [-0.2, -0.15) is 0 Å². The van der Waals surface area contributed by atoms with Crippen molar-refractivity contribution < 1.29 is 9.59 Å². The third kappa shape index (κ3) is 4.07. The number of Topliss-reactive ketones (excluding diaryl/α,β-unsaturated/α-hetero) is 1. The van der Waals surface area contributed by atoms with Crippen LogP contribution in [0, 0.1) is 5.92 Å². The Morgan fingerprint density at radius 1 is 1.33 bits per heavy atom. The molecule has 1 aromatic rings. The Kier molecular flexibility index (Phi) is 4.75. The van der Waals surface area contributed by atoms with Crippen molar-refractivity contribution in [3.8, 4) is 0 Å². The number of carbonyl (C=O) groups is 2. The van der Waals surface area contributed by atoms with Crippen molar-refractivity contribution in [2.75, 3.05) is 0 Å². The Balaban J connectivity index is 2.33. The van der Waals surface area contributed by atoms with E-state index in [-0.39, 0.29) is 5.78 Å². The molecule has 15 heavy (non-hydrogen) atoms. The van der Waals surface area contributed by atoms with Gasteiger partial charge < -0.3 is 4.79 Å². The lowest BCUT2D eigenvalue weighted by molar-refractivity contribution is -0.125. The summed E-state index contributed by atoms with van der Waals surface area (Å²) in [6.07, 6.45) is 3.23. The quantitative estimate of drug-likeness (QED) is 0.526. The zero-order valence-electron chi connectivity index (χ0n) is 8.98. The van der Waals surface area contributed by atoms with Gasteiger partial charge in [0.05, 0.1) is 5.92 Å². The van der Waals surface area contributed by atoms with E-state index in [4.69, 9.17) is 0 Å². The number of hydrogen-bond acceptors (Lipinski definition) is 2. The average molecular weight is 204 g/mol. The molecule has 0 saturated carbocycles. The van der Waals surface area contributed by atoms with Crippen molar-refractivity contribution >= 4 is 12.1 Å². The molecule has 0 bridgehead atoms. The largest absolute Gasteiger partial charge is 0.303 e. The molecule has 0 saturated heterocycles. The third-order valence-electron chi connectivity index (χ3n) is 2.51. The molecule has 1 atom stereocenters. The van der Waals surface area contributed by atoms with E-state index in [0.29, 0.717) is 6.42 Å². The van der Waals surface area contributed by atoms with Gasteiger partial charge in [0.1, 0.15) is 12.1 Å². The van der Waals surface area contributed by atoms with Gasteiger partial charge in [-0.3, -0.25) is 4.79 Å². The maximum absolute atomic E-state index is 11.0. The lowest BCUT2D eigenvalue weighted by Gasteiger charge is -2.05. The lowest BCUT2D eigenvalue weighted by atomic mass is 9.98. The standard InChI is InChI=1S/C13H16O2/c1-11(15)13(10-14)9-5-8-12-6-3-2-4-7-12/h2-4,6-7,10,13H,5,8-9H2,1H3. The van der Waals surface area contributed by atoms with E-state index < -0.39 is 5.92 Å². The number of rotatable bonds is 6. The highest BCUT2D eigenvalue weighted by molar-refractivity contribution is 5.91. The van der Waals surface area contributed by atoms with Gasteiger partial charge in [0.15, 0.2) is 0 Å². The first-order valence-corrected chi connectivity index (χ1v) is 5.23. The summed E-state index contributed by atoms with van der Waals surface area (Å²) in [5, 5.41) is 0. The molecule has 0 fully saturated rings. The molecule has 0 aromatic heterocycles. The van der Waals surface area contributed by atoms with E-state index in [1.54, 1.807) is 0 Å². The maximum Gasteiger partial charge on any atom is 0.139 e. The van der Waals surface area contributed by atoms with Gasteiger partial charge >= 0.3 is 0 Å². The fraction of sp³-hybridized carbons (Fsp3) is 0.385. The average Bonchev–Trinajstić information content (AvgIpc) is 2.25. The van der Waals surface area contributed by atoms with Crippen LogP contribution in [-0.4, -0.2) is 12.1 Å². The number of hydrogen-bond donors (Lipinski definition) is 0. The minimum absolute atomic E-state index is 0.0296. The third-order valence-corrected chi connectivity index (χ3v) is 2.51. The van der Waals surface area contributed by atoms with Crippen LogP contribution < -0.4 is 0 Å². The second-order valence-corrected chi connectivity index (χ2v) is 3.73. The van der Waals surface area contributed by atoms with Crippen LogP contribution in [0.1, 0.15) is 25.3 Å². The summed E-state index contributed by atoms with van der Waals surface area (Å²) in [6.45, 7) is 1.47. The van der Waals surface area contributed by atoms with Crippen LogP contribution in [0.25, 0.3) is 0 Å². The zero-order valence-corrected chi connectivity index (χ0v) is 8.98. The maximum atomic E-state index is 11.0. The second kappa shape index (κ2) is 6.12. The molecule has 0 aliphatic rings. The predicted octanol–water partition coefficient (Wildman–Crippen LogP) is 2.41. The Bertz CT molecular complexity index is 317. The first kappa shape index (κ1) is 11.6. The van der Waals surface area contributed by atoms with Gasteiger partial charge in [-0.15, -0.1) is 0 Å². The molecule has 0 heterocycles. The van der Waals surface area contributed by atoms with Crippen molar-refractivity contribution in [3.63, 3.8) is 0 Å². The van der Waals surface area contributed by atoms with E-state index in [2.05, 4.69) is 12.1 Å². The summed E-state index contributed by atoms with van der Waals surface area (Å²) in [7, 11) is 0. The van der Waals surface area contributed by atoms with Crippen LogP contribution in [0.2, 0.25) is 0 Å². The first-order chi connectivity index (χ1) is 7.24. The summed E-state index contributed by atoms with van der Waals surface area (Å²) >= 11 is 0. The molecule has 2 heteroatoms. The van der Waals surface area contributed by atoms with E-state index in [1.807, 2.05) is 18.2 Å². The number of aldehydes is 1. The molecular formula is C13H16O2. The van der Waals surface area contributed by atoms with E-state index in [0.717, 1.165) is 19.1 Å². The van der Waals surface area contributed by atoms with Crippen LogP contribution in [-0.2, 0) is 16.0 Å². The number of ketones is 1. The van der Waals surface area contributed by atoms with Crippen LogP contribution in [0.3, 0.4) is 0 Å². The highest BCUT2D eigenvalue weighted by atomic mass is 16.1. The van der Waals surface area contributed by atoms with Crippen molar-refractivity contribution in [1.82, 2.24) is 0 Å². The van der Waals surface area contributed by atoms with Gasteiger partial charge in [0, 0.05) is 0 Å².